The average molecular weight is 352 g/mol. The van der Waals surface area contributed by atoms with E-state index in [0.29, 0.717) is 17.3 Å². The van der Waals surface area contributed by atoms with Crippen LogP contribution in [0.2, 0.25) is 0 Å². The Morgan fingerprint density at radius 3 is 2.67 bits per heavy atom. The summed E-state index contributed by atoms with van der Waals surface area (Å²) in [7, 11) is 0. The second-order valence-electron chi connectivity index (χ2n) is 6.03. The number of benzene rings is 1. The molecule has 3 rings (SSSR count). The van der Waals surface area contributed by atoms with Gasteiger partial charge >= 0.3 is 0 Å². The number of likely N-dealkylation sites (tertiary alicyclic amines) is 2. The highest BCUT2D eigenvalue weighted by Crippen LogP contribution is 2.24. The maximum absolute atomic E-state index is 12.6. The van der Waals surface area contributed by atoms with E-state index < -0.39 is 0 Å². The van der Waals surface area contributed by atoms with Crippen LogP contribution in [0, 0.1) is 0 Å². The second kappa shape index (κ2) is 6.36. The summed E-state index contributed by atoms with van der Waals surface area (Å²) in [5.41, 5.74) is 7.18. The van der Waals surface area contributed by atoms with Gasteiger partial charge in [0.25, 0.3) is 5.91 Å². The molecule has 2 aliphatic heterocycles. The molecule has 2 N–H and O–H groups in total. The number of nitrogens with two attached hydrogens (primary N) is 1. The van der Waals surface area contributed by atoms with Gasteiger partial charge in [-0.05, 0) is 66.5 Å². The first-order valence-corrected chi connectivity index (χ1v) is 8.53. The van der Waals surface area contributed by atoms with Crippen molar-refractivity contribution in [1.82, 2.24) is 9.80 Å². The van der Waals surface area contributed by atoms with Crippen LogP contribution in [0.1, 0.15) is 36.0 Å². The van der Waals surface area contributed by atoms with Gasteiger partial charge in [-0.25, -0.2) is 0 Å². The van der Waals surface area contributed by atoms with Crippen molar-refractivity contribution >= 4 is 27.5 Å². The summed E-state index contributed by atoms with van der Waals surface area (Å²) in [4.78, 5) is 17.1. The minimum absolute atomic E-state index is 0.105. The molecule has 2 aliphatic rings. The minimum Gasteiger partial charge on any atom is -0.398 e. The number of nitrogens with zero attached hydrogens (tertiary/aromatic N) is 2. The van der Waals surface area contributed by atoms with Gasteiger partial charge in [-0.3, -0.25) is 9.69 Å². The number of piperidine rings is 1. The van der Waals surface area contributed by atoms with Crippen molar-refractivity contribution in [3.8, 4) is 0 Å². The summed E-state index contributed by atoms with van der Waals surface area (Å²) >= 11 is 3.37. The summed E-state index contributed by atoms with van der Waals surface area (Å²) in [6.45, 7) is 4.10. The third-order valence-corrected chi connectivity index (χ3v) is 5.32. The van der Waals surface area contributed by atoms with E-state index >= 15 is 0 Å². The summed E-state index contributed by atoms with van der Waals surface area (Å²) in [6.07, 6.45) is 5.04. The predicted octanol–water partition coefficient (Wildman–Crippen LogP) is 2.73. The van der Waals surface area contributed by atoms with E-state index in [1.54, 1.807) is 6.07 Å². The smallest absolute Gasteiger partial charge is 0.253 e. The Bertz CT molecular complexity index is 528. The predicted molar refractivity (Wildman–Crippen MR) is 88.3 cm³/mol. The van der Waals surface area contributed by atoms with Crippen LogP contribution in [0.4, 0.5) is 5.69 Å². The van der Waals surface area contributed by atoms with Gasteiger partial charge < -0.3 is 10.6 Å². The molecule has 1 aromatic rings. The van der Waals surface area contributed by atoms with Gasteiger partial charge in [0.05, 0.1) is 0 Å². The molecule has 2 heterocycles. The van der Waals surface area contributed by atoms with Gasteiger partial charge in [0.2, 0.25) is 0 Å². The Balaban J connectivity index is 1.64. The van der Waals surface area contributed by atoms with Crippen molar-refractivity contribution in [1.29, 1.82) is 0 Å². The molecule has 1 unspecified atom stereocenters. The van der Waals surface area contributed by atoms with Crippen molar-refractivity contribution in [3.63, 3.8) is 0 Å². The van der Waals surface area contributed by atoms with Crippen LogP contribution in [0.15, 0.2) is 22.7 Å². The molecule has 0 bridgehead atoms. The van der Waals surface area contributed by atoms with E-state index in [0.717, 1.165) is 24.0 Å². The van der Waals surface area contributed by atoms with Crippen LogP contribution in [0.25, 0.3) is 0 Å². The van der Waals surface area contributed by atoms with Gasteiger partial charge in [0.1, 0.15) is 0 Å². The number of anilines is 1. The molecule has 2 saturated heterocycles. The van der Waals surface area contributed by atoms with Crippen molar-refractivity contribution in [3.05, 3.63) is 28.2 Å². The summed E-state index contributed by atoms with van der Waals surface area (Å²) in [6, 6.07) is 6.00. The molecule has 21 heavy (non-hydrogen) atoms. The maximum Gasteiger partial charge on any atom is 0.253 e. The van der Waals surface area contributed by atoms with Crippen LogP contribution in [-0.2, 0) is 0 Å². The van der Waals surface area contributed by atoms with Crippen molar-refractivity contribution in [2.24, 2.45) is 0 Å². The monoisotopic (exact) mass is 351 g/mol. The number of hydrogen-bond donors (Lipinski definition) is 1. The van der Waals surface area contributed by atoms with Crippen molar-refractivity contribution < 1.29 is 4.79 Å². The highest BCUT2D eigenvalue weighted by molar-refractivity contribution is 9.10. The first-order valence-electron chi connectivity index (χ1n) is 7.73. The number of carbonyl (C=O) groups excluding carboxylic acids is 1. The molecule has 2 fully saturated rings. The van der Waals surface area contributed by atoms with E-state index in [1.807, 2.05) is 17.0 Å². The van der Waals surface area contributed by atoms with Gasteiger partial charge in [0, 0.05) is 34.9 Å². The molecule has 0 spiro atoms. The third kappa shape index (κ3) is 3.24. The number of hydrogen-bond acceptors (Lipinski definition) is 3. The molecule has 114 valence electrons. The van der Waals surface area contributed by atoms with E-state index in [9.17, 15) is 4.79 Å². The largest absolute Gasteiger partial charge is 0.398 e. The molecule has 1 aromatic carbocycles. The zero-order valence-corrected chi connectivity index (χ0v) is 13.8. The Hall–Kier alpha value is -1.07. The number of carbonyl (C=O) groups is 1. The molecule has 0 radical (unpaired) electrons. The van der Waals surface area contributed by atoms with E-state index in [2.05, 4.69) is 20.8 Å². The van der Waals surface area contributed by atoms with Gasteiger partial charge in [0.15, 0.2) is 0 Å². The summed E-state index contributed by atoms with van der Waals surface area (Å²) in [5.74, 6) is 0.105. The second-order valence-corrected chi connectivity index (χ2v) is 6.88. The Morgan fingerprint density at radius 1 is 1.19 bits per heavy atom. The van der Waals surface area contributed by atoms with Crippen LogP contribution in [-0.4, -0.2) is 47.9 Å². The van der Waals surface area contributed by atoms with E-state index in [4.69, 9.17) is 5.73 Å². The van der Waals surface area contributed by atoms with Crippen LogP contribution < -0.4 is 5.73 Å². The lowest BCUT2D eigenvalue weighted by Crippen LogP contribution is -2.41. The topological polar surface area (TPSA) is 49.6 Å². The first-order chi connectivity index (χ1) is 10.1. The molecule has 1 amide bonds. The van der Waals surface area contributed by atoms with Crippen LogP contribution in [0.3, 0.4) is 0 Å². The SMILES string of the molecule is Nc1cc(C(=O)N2CCC(N3CCCCC3)C2)ccc1Br. The third-order valence-electron chi connectivity index (χ3n) is 4.60. The molecule has 0 aromatic heterocycles. The fourth-order valence-corrected chi connectivity index (χ4v) is 3.61. The van der Waals surface area contributed by atoms with Crippen LogP contribution >= 0.6 is 15.9 Å². The lowest BCUT2D eigenvalue weighted by molar-refractivity contribution is 0.0771. The normalized spacial score (nSPS) is 23.5. The standard InChI is InChI=1S/C16H22BrN3O/c17-14-5-4-12(10-15(14)18)16(21)20-9-6-13(11-20)19-7-2-1-3-8-19/h4-5,10,13H,1-3,6-9,11,18H2. The number of amides is 1. The molecular weight excluding hydrogens is 330 g/mol. The lowest BCUT2D eigenvalue weighted by Gasteiger charge is -2.32. The maximum atomic E-state index is 12.6. The fourth-order valence-electron chi connectivity index (χ4n) is 3.37. The van der Waals surface area contributed by atoms with E-state index in [-0.39, 0.29) is 5.91 Å². The zero-order chi connectivity index (χ0) is 14.8. The molecule has 1 atom stereocenters. The molecule has 0 aliphatic carbocycles. The number of nitrogen functional groups attached to an aromatic ring is 1. The average Bonchev–Trinajstić information content (AvgIpc) is 3.00. The van der Waals surface area contributed by atoms with Crippen molar-refractivity contribution in [2.45, 2.75) is 31.7 Å². The summed E-state index contributed by atoms with van der Waals surface area (Å²) in [5, 5.41) is 0. The quantitative estimate of drug-likeness (QED) is 0.833. The Labute approximate surface area is 134 Å². The summed E-state index contributed by atoms with van der Waals surface area (Å²) < 4.78 is 0.840. The van der Waals surface area contributed by atoms with Crippen LogP contribution in [0.5, 0.6) is 0 Å². The molecule has 5 heteroatoms. The lowest BCUT2D eigenvalue weighted by atomic mass is 10.1. The Morgan fingerprint density at radius 2 is 1.95 bits per heavy atom. The first kappa shape index (κ1) is 14.9. The number of rotatable bonds is 2. The number of halogens is 1. The molecular formula is C16H22BrN3O. The molecule has 4 nitrogen and oxygen atoms in total. The van der Waals surface area contributed by atoms with Gasteiger partial charge in [-0.15, -0.1) is 0 Å². The minimum atomic E-state index is 0.105. The van der Waals surface area contributed by atoms with Gasteiger partial charge in [-0.1, -0.05) is 6.42 Å². The van der Waals surface area contributed by atoms with E-state index in [1.165, 1.54) is 32.4 Å². The molecule has 0 saturated carbocycles. The Kier molecular flexibility index (Phi) is 4.50. The van der Waals surface area contributed by atoms with Gasteiger partial charge in [-0.2, -0.15) is 0 Å². The van der Waals surface area contributed by atoms with Crippen molar-refractivity contribution in [2.75, 3.05) is 31.9 Å². The highest BCUT2D eigenvalue weighted by Gasteiger charge is 2.31. The fraction of sp³-hybridized carbons (Fsp3) is 0.562. The highest BCUT2D eigenvalue weighted by atomic mass is 79.9. The zero-order valence-electron chi connectivity index (χ0n) is 12.2.